The predicted molar refractivity (Wildman–Crippen MR) is 191 cm³/mol. The first-order chi connectivity index (χ1) is 22.2. The zero-order chi connectivity index (χ0) is 29.9. The summed E-state index contributed by atoms with van der Waals surface area (Å²) in [5.41, 5.74) is 6.42. The van der Waals surface area contributed by atoms with Crippen molar-refractivity contribution >= 4 is 71.1 Å². The minimum atomic E-state index is 0.910. The number of furan rings is 1. The third kappa shape index (κ3) is 4.18. The molecule has 2 nitrogen and oxygen atoms in total. The smallest absolute Gasteiger partial charge is 0.138 e. The van der Waals surface area contributed by atoms with Crippen molar-refractivity contribution in [2.24, 2.45) is 0 Å². The molecule has 1 aromatic heterocycles. The van der Waals surface area contributed by atoms with E-state index in [2.05, 4.69) is 157 Å². The standard InChI is InChI=1S/C43H29NO/c1-28-37-13-6-7-16-42(37)45-43(28)33-11-8-12-34(27-33)44(35-21-23-40-31(25-35)19-17-29-9-2-4-14-38(29)40)36-22-24-41-32(26-36)20-18-30-10-3-5-15-39(30)41/h2-27H,1H3. The number of rotatable bonds is 4. The van der Waals surface area contributed by atoms with E-state index in [0.717, 1.165) is 44.9 Å². The minimum Gasteiger partial charge on any atom is -0.456 e. The molecule has 9 rings (SSSR count). The van der Waals surface area contributed by atoms with Gasteiger partial charge in [0.1, 0.15) is 11.3 Å². The van der Waals surface area contributed by atoms with Crippen LogP contribution in [0, 0.1) is 6.92 Å². The van der Waals surface area contributed by atoms with E-state index in [1.54, 1.807) is 0 Å². The van der Waals surface area contributed by atoms with E-state index in [9.17, 15) is 0 Å². The summed E-state index contributed by atoms with van der Waals surface area (Å²) in [5.74, 6) is 0.910. The third-order valence-electron chi connectivity index (χ3n) is 9.18. The number of para-hydroxylation sites is 1. The molecule has 0 saturated heterocycles. The van der Waals surface area contributed by atoms with Crippen LogP contribution in [0.25, 0.3) is 65.4 Å². The van der Waals surface area contributed by atoms with Gasteiger partial charge in [0.15, 0.2) is 0 Å². The number of aryl methyl sites for hydroxylation is 1. The van der Waals surface area contributed by atoms with E-state index in [-0.39, 0.29) is 0 Å². The van der Waals surface area contributed by atoms with Gasteiger partial charge in [-0.1, -0.05) is 115 Å². The van der Waals surface area contributed by atoms with E-state index in [4.69, 9.17) is 4.42 Å². The highest BCUT2D eigenvalue weighted by molar-refractivity contribution is 6.10. The van der Waals surface area contributed by atoms with Crippen molar-refractivity contribution in [1.82, 2.24) is 0 Å². The second kappa shape index (κ2) is 10.1. The van der Waals surface area contributed by atoms with Crippen LogP contribution >= 0.6 is 0 Å². The van der Waals surface area contributed by atoms with Crippen LogP contribution in [-0.2, 0) is 0 Å². The molecular weight excluding hydrogens is 546 g/mol. The van der Waals surface area contributed by atoms with Gasteiger partial charge >= 0.3 is 0 Å². The highest BCUT2D eigenvalue weighted by Gasteiger charge is 2.18. The van der Waals surface area contributed by atoms with Crippen molar-refractivity contribution in [3.63, 3.8) is 0 Å². The molecule has 1 heterocycles. The van der Waals surface area contributed by atoms with Gasteiger partial charge in [-0.2, -0.15) is 0 Å². The molecular formula is C43H29NO. The van der Waals surface area contributed by atoms with Crippen molar-refractivity contribution in [2.75, 3.05) is 4.90 Å². The van der Waals surface area contributed by atoms with E-state index in [1.165, 1.54) is 43.1 Å². The number of nitrogens with zero attached hydrogens (tertiary/aromatic N) is 1. The maximum absolute atomic E-state index is 6.41. The topological polar surface area (TPSA) is 16.4 Å². The molecule has 0 amide bonds. The maximum Gasteiger partial charge on any atom is 0.138 e. The van der Waals surface area contributed by atoms with Gasteiger partial charge in [0, 0.05) is 33.6 Å². The van der Waals surface area contributed by atoms with Crippen molar-refractivity contribution in [3.05, 3.63) is 163 Å². The van der Waals surface area contributed by atoms with Crippen molar-refractivity contribution < 1.29 is 4.42 Å². The molecule has 0 unspecified atom stereocenters. The van der Waals surface area contributed by atoms with Crippen LogP contribution in [0.2, 0.25) is 0 Å². The Bertz CT molecular complexity index is 2450. The van der Waals surface area contributed by atoms with Crippen molar-refractivity contribution in [1.29, 1.82) is 0 Å². The van der Waals surface area contributed by atoms with E-state index in [1.807, 2.05) is 12.1 Å². The summed E-state index contributed by atoms with van der Waals surface area (Å²) in [7, 11) is 0. The Kier molecular flexibility index (Phi) is 5.76. The number of anilines is 3. The quantitative estimate of drug-likeness (QED) is 0.194. The number of benzene rings is 8. The molecule has 45 heavy (non-hydrogen) atoms. The lowest BCUT2D eigenvalue weighted by Crippen LogP contribution is -2.10. The summed E-state index contributed by atoms with van der Waals surface area (Å²) >= 11 is 0. The van der Waals surface area contributed by atoms with Gasteiger partial charge < -0.3 is 9.32 Å². The van der Waals surface area contributed by atoms with Crippen LogP contribution in [0.4, 0.5) is 17.1 Å². The molecule has 0 aliphatic rings. The molecule has 0 fully saturated rings. The van der Waals surface area contributed by atoms with E-state index < -0.39 is 0 Å². The fraction of sp³-hybridized carbons (Fsp3) is 0.0233. The molecule has 8 aromatic carbocycles. The first-order valence-corrected chi connectivity index (χ1v) is 15.4. The summed E-state index contributed by atoms with van der Waals surface area (Å²) < 4.78 is 6.41. The second-order valence-corrected chi connectivity index (χ2v) is 11.8. The summed E-state index contributed by atoms with van der Waals surface area (Å²) in [6, 6.07) is 56.8. The van der Waals surface area contributed by atoms with Gasteiger partial charge in [0.25, 0.3) is 0 Å². The maximum atomic E-state index is 6.41. The van der Waals surface area contributed by atoms with Crippen LogP contribution in [0.15, 0.2) is 162 Å². The Hall–Kier alpha value is -5.86. The van der Waals surface area contributed by atoms with Crippen LogP contribution < -0.4 is 4.90 Å². The first-order valence-electron chi connectivity index (χ1n) is 15.4. The summed E-state index contributed by atoms with van der Waals surface area (Å²) in [6.07, 6.45) is 0. The fourth-order valence-electron chi connectivity index (χ4n) is 6.96. The summed E-state index contributed by atoms with van der Waals surface area (Å²) in [5, 5.41) is 11.1. The highest BCUT2D eigenvalue weighted by atomic mass is 16.3. The van der Waals surface area contributed by atoms with Gasteiger partial charge in [-0.15, -0.1) is 0 Å². The Balaban J connectivity index is 1.25. The molecule has 0 spiro atoms. The zero-order valence-corrected chi connectivity index (χ0v) is 24.9. The molecule has 0 bridgehead atoms. The zero-order valence-electron chi connectivity index (χ0n) is 24.9. The minimum absolute atomic E-state index is 0.910. The Labute approximate surface area is 261 Å². The lowest BCUT2D eigenvalue weighted by Gasteiger charge is -2.27. The van der Waals surface area contributed by atoms with E-state index >= 15 is 0 Å². The van der Waals surface area contributed by atoms with Crippen LogP contribution in [0.3, 0.4) is 0 Å². The van der Waals surface area contributed by atoms with Crippen molar-refractivity contribution in [3.8, 4) is 11.3 Å². The average molecular weight is 576 g/mol. The first kappa shape index (κ1) is 25.6. The molecule has 0 N–H and O–H groups in total. The van der Waals surface area contributed by atoms with Gasteiger partial charge in [-0.25, -0.2) is 0 Å². The normalized spacial score (nSPS) is 11.7. The van der Waals surface area contributed by atoms with Gasteiger partial charge in [0.2, 0.25) is 0 Å². The van der Waals surface area contributed by atoms with Gasteiger partial charge in [0.05, 0.1) is 0 Å². The monoisotopic (exact) mass is 575 g/mol. The van der Waals surface area contributed by atoms with E-state index in [0.29, 0.717) is 0 Å². The van der Waals surface area contributed by atoms with Crippen LogP contribution in [0.5, 0.6) is 0 Å². The summed E-state index contributed by atoms with van der Waals surface area (Å²) in [4.78, 5) is 2.37. The lowest BCUT2D eigenvalue weighted by atomic mass is 9.99. The highest BCUT2D eigenvalue weighted by Crippen LogP contribution is 2.41. The number of hydrogen-bond donors (Lipinski definition) is 0. The fourth-order valence-corrected chi connectivity index (χ4v) is 6.96. The predicted octanol–water partition coefficient (Wildman–Crippen LogP) is 12.5. The third-order valence-corrected chi connectivity index (χ3v) is 9.18. The van der Waals surface area contributed by atoms with Crippen LogP contribution in [-0.4, -0.2) is 0 Å². The number of hydrogen-bond acceptors (Lipinski definition) is 2. The SMILES string of the molecule is Cc1c(-c2cccc(N(c3ccc4c(ccc5ccccc54)c3)c3ccc4c(ccc5ccccc54)c3)c2)oc2ccccc12. The molecule has 212 valence electrons. The molecule has 0 radical (unpaired) electrons. The number of fused-ring (bicyclic) bond motifs is 7. The Morgan fingerprint density at radius 2 is 0.911 bits per heavy atom. The summed E-state index contributed by atoms with van der Waals surface area (Å²) in [6.45, 7) is 2.15. The van der Waals surface area contributed by atoms with Crippen molar-refractivity contribution in [2.45, 2.75) is 6.92 Å². The van der Waals surface area contributed by atoms with Gasteiger partial charge in [-0.05, 0) is 92.5 Å². The lowest BCUT2D eigenvalue weighted by molar-refractivity contribution is 0.629. The molecule has 0 aliphatic carbocycles. The molecule has 0 saturated carbocycles. The molecule has 2 heteroatoms. The molecule has 9 aromatic rings. The largest absolute Gasteiger partial charge is 0.456 e. The molecule has 0 aliphatic heterocycles. The Morgan fingerprint density at radius 1 is 0.400 bits per heavy atom. The second-order valence-electron chi connectivity index (χ2n) is 11.8. The van der Waals surface area contributed by atoms with Gasteiger partial charge in [-0.3, -0.25) is 0 Å². The molecule has 0 atom stereocenters. The average Bonchev–Trinajstić information content (AvgIpc) is 3.44. The Morgan fingerprint density at radius 3 is 1.53 bits per heavy atom. The van der Waals surface area contributed by atoms with Crippen LogP contribution in [0.1, 0.15) is 5.56 Å².